The molecule has 0 saturated heterocycles. The Morgan fingerprint density at radius 3 is 2.70 bits per heavy atom. The van der Waals surface area contributed by atoms with Gasteiger partial charge in [0.05, 0.1) is 11.9 Å². The van der Waals surface area contributed by atoms with Gasteiger partial charge in [0.1, 0.15) is 17.8 Å². The number of anilines is 1. The fourth-order valence-corrected chi connectivity index (χ4v) is 1.90. The van der Waals surface area contributed by atoms with Crippen molar-refractivity contribution in [2.45, 2.75) is 33.1 Å². The summed E-state index contributed by atoms with van der Waals surface area (Å²) in [5, 5.41) is 5.55. The van der Waals surface area contributed by atoms with Crippen molar-refractivity contribution in [2.24, 2.45) is 0 Å². The number of carbonyl (C=O) groups is 2. The van der Waals surface area contributed by atoms with E-state index in [2.05, 4.69) is 27.5 Å². The van der Waals surface area contributed by atoms with Crippen LogP contribution in [0.3, 0.4) is 0 Å². The average Bonchev–Trinajstić information content (AvgIpc) is 3.05. The highest BCUT2D eigenvalue weighted by Crippen LogP contribution is 2.11. The lowest BCUT2D eigenvalue weighted by atomic mass is 10.3. The molecule has 0 aromatic carbocycles. The normalized spacial score (nSPS) is 10.3. The van der Waals surface area contributed by atoms with Gasteiger partial charge in [0, 0.05) is 19.2 Å². The zero-order valence-electron chi connectivity index (χ0n) is 13.4. The number of amides is 2. The summed E-state index contributed by atoms with van der Waals surface area (Å²) in [4.78, 5) is 31.6. The van der Waals surface area contributed by atoms with E-state index in [1.807, 2.05) is 0 Å². The Morgan fingerprint density at radius 2 is 2.04 bits per heavy atom. The number of hydrogen-bond acceptors (Lipinski definition) is 4. The quantitative estimate of drug-likeness (QED) is 0.766. The molecule has 0 spiro atoms. The molecular formula is C16H21N5O2. The predicted octanol–water partition coefficient (Wildman–Crippen LogP) is 2.15. The molecule has 0 radical (unpaired) electrons. The predicted molar refractivity (Wildman–Crippen MR) is 87.5 cm³/mol. The summed E-state index contributed by atoms with van der Waals surface area (Å²) in [6.07, 6.45) is 7.14. The molecule has 2 aromatic rings. The zero-order chi connectivity index (χ0) is 16.7. The Kier molecular flexibility index (Phi) is 5.85. The second-order valence-electron chi connectivity index (χ2n) is 5.08. The number of pyridine rings is 1. The van der Waals surface area contributed by atoms with Crippen LogP contribution in [0.1, 0.15) is 43.6 Å². The van der Waals surface area contributed by atoms with Crippen LogP contribution in [0.25, 0.3) is 5.82 Å². The monoisotopic (exact) mass is 315 g/mol. The molecule has 122 valence electrons. The molecule has 2 rings (SSSR count). The minimum Gasteiger partial charge on any atom is -0.351 e. The second kappa shape index (κ2) is 8.07. The zero-order valence-corrected chi connectivity index (χ0v) is 13.4. The Labute approximate surface area is 135 Å². The molecule has 2 N–H and O–H groups in total. The first-order valence-electron chi connectivity index (χ1n) is 7.72. The average molecular weight is 315 g/mol. The summed E-state index contributed by atoms with van der Waals surface area (Å²) >= 11 is 0. The van der Waals surface area contributed by atoms with Gasteiger partial charge in [-0.15, -0.1) is 0 Å². The Morgan fingerprint density at radius 1 is 1.22 bits per heavy atom. The van der Waals surface area contributed by atoms with Gasteiger partial charge in [0.2, 0.25) is 5.91 Å². The maximum Gasteiger partial charge on any atom is 0.271 e. The van der Waals surface area contributed by atoms with Crippen LogP contribution in [-0.2, 0) is 4.79 Å². The van der Waals surface area contributed by atoms with Crippen LogP contribution in [0.5, 0.6) is 0 Å². The lowest BCUT2D eigenvalue weighted by Crippen LogP contribution is -2.24. The van der Waals surface area contributed by atoms with Crippen LogP contribution in [0.15, 0.2) is 30.9 Å². The van der Waals surface area contributed by atoms with E-state index in [0.717, 1.165) is 12.8 Å². The van der Waals surface area contributed by atoms with E-state index < -0.39 is 0 Å². The minimum absolute atomic E-state index is 0.0618. The number of nitrogens with one attached hydrogen (secondary N) is 2. The molecule has 2 aromatic heterocycles. The molecule has 0 fully saturated rings. The second-order valence-corrected chi connectivity index (χ2v) is 5.08. The van der Waals surface area contributed by atoms with E-state index in [0.29, 0.717) is 30.2 Å². The van der Waals surface area contributed by atoms with Crippen LogP contribution in [0, 0.1) is 0 Å². The van der Waals surface area contributed by atoms with Crippen LogP contribution in [0.2, 0.25) is 0 Å². The highest BCUT2D eigenvalue weighted by Gasteiger charge is 2.10. The van der Waals surface area contributed by atoms with Gasteiger partial charge in [-0.2, -0.15) is 0 Å². The third-order valence-electron chi connectivity index (χ3n) is 3.25. The molecule has 7 heteroatoms. The van der Waals surface area contributed by atoms with Crippen molar-refractivity contribution >= 4 is 17.5 Å². The standard InChI is InChI=1S/C16H21N5O2/c1-3-5-8-17-16(23)13-10-21(11-19-13)14-7-6-12(9-18-14)20-15(22)4-2/h6-7,9-11H,3-5,8H2,1-2H3,(H,17,23)(H,20,22). The molecule has 0 aliphatic rings. The Bertz CT molecular complexity index is 663. The van der Waals surface area contributed by atoms with E-state index in [-0.39, 0.29) is 11.8 Å². The third kappa shape index (κ3) is 4.64. The van der Waals surface area contributed by atoms with Crippen LogP contribution in [-0.4, -0.2) is 32.9 Å². The number of rotatable bonds is 7. The molecular weight excluding hydrogens is 294 g/mol. The number of hydrogen-bond donors (Lipinski definition) is 2. The molecule has 0 bridgehead atoms. The minimum atomic E-state index is -0.191. The molecule has 2 heterocycles. The van der Waals surface area contributed by atoms with Crippen molar-refractivity contribution in [3.05, 3.63) is 36.5 Å². The topological polar surface area (TPSA) is 88.9 Å². The molecule has 7 nitrogen and oxygen atoms in total. The lowest BCUT2D eigenvalue weighted by Gasteiger charge is -2.05. The smallest absolute Gasteiger partial charge is 0.271 e. The lowest BCUT2D eigenvalue weighted by molar-refractivity contribution is -0.115. The summed E-state index contributed by atoms with van der Waals surface area (Å²) in [6.45, 7) is 4.50. The van der Waals surface area contributed by atoms with Crippen LogP contribution < -0.4 is 10.6 Å². The van der Waals surface area contributed by atoms with E-state index in [1.54, 1.807) is 42.3 Å². The van der Waals surface area contributed by atoms with Crippen LogP contribution >= 0.6 is 0 Å². The van der Waals surface area contributed by atoms with Gasteiger partial charge in [-0.1, -0.05) is 20.3 Å². The summed E-state index contributed by atoms with van der Waals surface area (Å²) in [5.41, 5.74) is 0.990. The molecule has 23 heavy (non-hydrogen) atoms. The first-order chi connectivity index (χ1) is 11.1. The van der Waals surface area contributed by atoms with Gasteiger partial charge < -0.3 is 10.6 Å². The van der Waals surface area contributed by atoms with Crippen molar-refractivity contribution < 1.29 is 9.59 Å². The van der Waals surface area contributed by atoms with E-state index in [1.165, 1.54) is 0 Å². The fourth-order valence-electron chi connectivity index (χ4n) is 1.90. The number of aromatic nitrogens is 3. The summed E-state index contributed by atoms with van der Waals surface area (Å²) in [7, 11) is 0. The largest absolute Gasteiger partial charge is 0.351 e. The fraction of sp³-hybridized carbons (Fsp3) is 0.375. The van der Waals surface area contributed by atoms with E-state index >= 15 is 0 Å². The first-order valence-corrected chi connectivity index (χ1v) is 7.72. The molecule has 0 atom stereocenters. The van der Waals surface area contributed by atoms with Crippen molar-refractivity contribution in [3.63, 3.8) is 0 Å². The van der Waals surface area contributed by atoms with Gasteiger partial charge in [-0.05, 0) is 18.6 Å². The maximum absolute atomic E-state index is 11.9. The number of unbranched alkanes of at least 4 members (excludes halogenated alkanes) is 1. The molecule has 0 saturated carbocycles. The highest BCUT2D eigenvalue weighted by molar-refractivity contribution is 5.92. The van der Waals surface area contributed by atoms with Crippen molar-refractivity contribution in [1.82, 2.24) is 19.9 Å². The van der Waals surface area contributed by atoms with Crippen molar-refractivity contribution in [1.29, 1.82) is 0 Å². The van der Waals surface area contributed by atoms with Crippen molar-refractivity contribution in [3.8, 4) is 5.82 Å². The van der Waals surface area contributed by atoms with Crippen LogP contribution in [0.4, 0.5) is 5.69 Å². The Balaban J connectivity index is 2.02. The molecule has 0 unspecified atom stereocenters. The SMILES string of the molecule is CCCCNC(=O)c1cn(-c2ccc(NC(=O)CC)cn2)cn1. The number of imidazole rings is 1. The third-order valence-corrected chi connectivity index (χ3v) is 3.25. The summed E-state index contributed by atoms with van der Waals surface area (Å²) in [5.74, 6) is 0.372. The Hall–Kier alpha value is -2.70. The van der Waals surface area contributed by atoms with Gasteiger partial charge in [0.25, 0.3) is 5.91 Å². The van der Waals surface area contributed by atoms with E-state index in [4.69, 9.17) is 0 Å². The van der Waals surface area contributed by atoms with Crippen molar-refractivity contribution in [2.75, 3.05) is 11.9 Å². The first kappa shape index (κ1) is 16.7. The van der Waals surface area contributed by atoms with Gasteiger partial charge in [-0.3, -0.25) is 14.2 Å². The van der Waals surface area contributed by atoms with Gasteiger partial charge in [-0.25, -0.2) is 9.97 Å². The maximum atomic E-state index is 11.9. The van der Waals surface area contributed by atoms with E-state index in [9.17, 15) is 9.59 Å². The molecule has 2 amide bonds. The summed E-state index contributed by atoms with van der Waals surface area (Å²) in [6, 6.07) is 3.52. The van der Waals surface area contributed by atoms with Gasteiger partial charge >= 0.3 is 0 Å². The number of nitrogens with zero attached hydrogens (tertiary/aromatic N) is 3. The highest BCUT2D eigenvalue weighted by atomic mass is 16.2. The molecule has 0 aliphatic heterocycles. The number of carbonyl (C=O) groups excluding carboxylic acids is 2. The molecule has 0 aliphatic carbocycles. The summed E-state index contributed by atoms with van der Waals surface area (Å²) < 4.78 is 1.67. The van der Waals surface area contributed by atoms with Gasteiger partial charge in [0.15, 0.2) is 0 Å².